The number of Topliss-reactive ketones (excluding diaryl/α,β-unsaturated/α-hetero) is 1. The smallest absolute Gasteiger partial charge is 0.230 e. The van der Waals surface area contributed by atoms with Gasteiger partial charge < -0.3 is 14.6 Å². The van der Waals surface area contributed by atoms with E-state index in [0.717, 1.165) is 70.3 Å². The number of amides is 1. The summed E-state index contributed by atoms with van der Waals surface area (Å²) in [5.74, 6) is 0.621. The second-order valence-electron chi connectivity index (χ2n) is 11.1. The van der Waals surface area contributed by atoms with Crippen molar-refractivity contribution in [2.45, 2.75) is 107 Å². The number of anilines is 1. The molecule has 1 aliphatic rings. The molecule has 1 aliphatic heterocycles. The quantitative estimate of drug-likeness (QED) is 0.255. The third-order valence-corrected chi connectivity index (χ3v) is 7.46. The molecule has 230 valence electrons. The predicted molar refractivity (Wildman–Crippen MR) is 182 cm³/mol. The zero-order valence-electron chi connectivity index (χ0n) is 27.7. The van der Waals surface area contributed by atoms with Crippen LogP contribution in [0.1, 0.15) is 112 Å². The molecule has 0 N–H and O–H groups in total. The third-order valence-electron chi connectivity index (χ3n) is 7.46. The van der Waals surface area contributed by atoms with E-state index >= 15 is 0 Å². The van der Waals surface area contributed by atoms with Gasteiger partial charge in [0.2, 0.25) is 5.91 Å². The Morgan fingerprint density at radius 2 is 1.51 bits per heavy atom. The molecule has 1 heterocycles. The van der Waals surface area contributed by atoms with Gasteiger partial charge in [0.15, 0.2) is 0 Å². The lowest BCUT2D eigenvalue weighted by atomic mass is 9.97. The van der Waals surface area contributed by atoms with Gasteiger partial charge in [-0.15, -0.1) is 0 Å². The van der Waals surface area contributed by atoms with Gasteiger partial charge in [0, 0.05) is 26.0 Å². The average Bonchev–Trinajstić information content (AvgIpc) is 3.20. The Bertz CT molecular complexity index is 1070. The Labute approximate surface area is 253 Å². The number of likely N-dealkylation sites (tertiary alicyclic amines) is 1. The number of nitrogens with zero attached hydrogens (tertiary/aromatic N) is 2. The molecule has 0 aliphatic carbocycles. The van der Waals surface area contributed by atoms with Crippen molar-refractivity contribution >= 4 is 23.5 Å². The van der Waals surface area contributed by atoms with Gasteiger partial charge in [-0.05, 0) is 120 Å². The van der Waals surface area contributed by atoms with Crippen molar-refractivity contribution in [1.82, 2.24) is 4.90 Å². The van der Waals surface area contributed by atoms with Crippen LogP contribution in [0, 0.1) is 12.8 Å². The van der Waals surface area contributed by atoms with E-state index in [4.69, 9.17) is 0 Å². The molecule has 4 nitrogen and oxygen atoms in total. The number of aryl methyl sites for hydroxylation is 1. The molecule has 0 radical (unpaired) electrons. The highest BCUT2D eigenvalue weighted by Gasteiger charge is 2.27. The zero-order chi connectivity index (χ0) is 30.8. The molecule has 1 amide bonds. The van der Waals surface area contributed by atoms with Gasteiger partial charge in [-0.2, -0.15) is 0 Å². The van der Waals surface area contributed by atoms with E-state index in [9.17, 15) is 9.59 Å². The van der Waals surface area contributed by atoms with Gasteiger partial charge in [0.05, 0.1) is 0 Å². The van der Waals surface area contributed by atoms with Crippen LogP contribution in [0.4, 0.5) is 5.69 Å². The molecule has 4 heteroatoms. The van der Waals surface area contributed by atoms with Crippen LogP contribution in [0.3, 0.4) is 0 Å². The topological polar surface area (TPSA) is 40.6 Å². The third kappa shape index (κ3) is 12.8. The number of hydrogen-bond acceptors (Lipinski definition) is 3. The van der Waals surface area contributed by atoms with Crippen LogP contribution in [-0.2, 0) is 9.59 Å². The van der Waals surface area contributed by atoms with E-state index in [1.807, 2.05) is 32.6 Å². The highest BCUT2D eigenvalue weighted by molar-refractivity contribution is 5.95. The molecule has 3 rings (SSSR count). The molecule has 0 spiro atoms. The number of allylic oxidation sites excluding steroid dienone is 1. The number of rotatable bonds is 11. The first-order chi connectivity index (χ1) is 19.7. The first-order valence-corrected chi connectivity index (χ1v) is 16.1. The van der Waals surface area contributed by atoms with Gasteiger partial charge >= 0.3 is 0 Å². The highest BCUT2D eigenvalue weighted by Crippen LogP contribution is 2.29. The Balaban J connectivity index is 0.00000322. The summed E-state index contributed by atoms with van der Waals surface area (Å²) in [7, 11) is 2.15. The molecule has 2 aromatic carbocycles. The van der Waals surface area contributed by atoms with Gasteiger partial charge in [0.25, 0.3) is 0 Å². The maximum Gasteiger partial charge on any atom is 0.230 e. The predicted octanol–water partition coefficient (Wildman–Crippen LogP) is 9.99. The largest absolute Gasteiger partial charge is 0.312 e. The molecule has 0 saturated carbocycles. The monoisotopic (exact) mass is 564 g/mol. The van der Waals surface area contributed by atoms with Gasteiger partial charge in [-0.25, -0.2) is 0 Å². The molecule has 1 fully saturated rings. The van der Waals surface area contributed by atoms with Crippen molar-refractivity contribution in [3.8, 4) is 11.1 Å². The van der Waals surface area contributed by atoms with E-state index < -0.39 is 0 Å². The number of unbranched alkanes of at least 4 members (excludes halogenated alkanes) is 3. The van der Waals surface area contributed by atoms with Crippen LogP contribution in [0.2, 0.25) is 0 Å². The Hall–Kier alpha value is -2.72. The first kappa shape index (κ1) is 36.3. The summed E-state index contributed by atoms with van der Waals surface area (Å²) in [5, 5.41) is 0. The number of benzene rings is 2. The Morgan fingerprint density at radius 3 is 2.15 bits per heavy atom. The lowest BCUT2D eigenvalue weighted by Crippen LogP contribution is -2.37. The second kappa shape index (κ2) is 20.2. The van der Waals surface area contributed by atoms with Crippen molar-refractivity contribution in [2.75, 3.05) is 31.6 Å². The van der Waals surface area contributed by atoms with E-state index in [1.54, 1.807) is 6.92 Å². The summed E-state index contributed by atoms with van der Waals surface area (Å²) in [6.07, 6.45) is 9.84. The number of ketones is 1. The van der Waals surface area contributed by atoms with Gasteiger partial charge in [0.1, 0.15) is 5.78 Å². The Kier molecular flexibility index (Phi) is 17.9. The summed E-state index contributed by atoms with van der Waals surface area (Å²) in [6, 6.07) is 15.2. The standard InChI is InChI=1S/C33H46N2O2.2C2H6.H2/c1-25(2)23-31-24-30(14-13-26(31)3)28-15-17-32(18-16-28)35(21-9-7-6-8-11-27(4)36)33(37)29-12-10-20-34(5)22-19-29;2*1-2;/h13-18,23-24,29H,6-12,19-22H2,1-5H3;2*1-2H3;1H. The van der Waals surface area contributed by atoms with Crippen LogP contribution >= 0.6 is 0 Å². The fraction of sp³-hybridized carbons (Fsp3) is 0.568. The van der Waals surface area contributed by atoms with Crippen molar-refractivity contribution in [1.29, 1.82) is 0 Å². The molecule has 2 aromatic rings. The SMILES string of the molecule is CC.CC.CC(=O)CCCCCCN(C(=O)C1CCCN(C)CC1)c1ccc(-c2ccc(C)c(C=C(C)C)c2)cc1.[HH]. The van der Waals surface area contributed by atoms with E-state index in [2.05, 4.69) is 81.3 Å². The molecular formula is C37H60N2O2. The molecule has 0 aromatic heterocycles. The van der Waals surface area contributed by atoms with Crippen molar-refractivity contribution in [2.24, 2.45) is 5.92 Å². The minimum absolute atomic E-state index is 0. The van der Waals surface area contributed by atoms with Crippen LogP contribution in [0.25, 0.3) is 17.2 Å². The molecule has 0 bridgehead atoms. The maximum atomic E-state index is 13.8. The van der Waals surface area contributed by atoms with Crippen LogP contribution in [0.15, 0.2) is 48.0 Å². The van der Waals surface area contributed by atoms with Gasteiger partial charge in [-0.3, -0.25) is 4.79 Å². The van der Waals surface area contributed by atoms with E-state index in [1.165, 1.54) is 27.8 Å². The molecule has 1 saturated heterocycles. The minimum Gasteiger partial charge on any atom is -0.312 e. The summed E-state index contributed by atoms with van der Waals surface area (Å²) in [5.41, 5.74) is 7.17. The second-order valence-corrected chi connectivity index (χ2v) is 11.1. The summed E-state index contributed by atoms with van der Waals surface area (Å²) in [4.78, 5) is 29.4. The zero-order valence-corrected chi connectivity index (χ0v) is 27.7. The molecule has 41 heavy (non-hydrogen) atoms. The van der Waals surface area contributed by atoms with Crippen molar-refractivity contribution < 1.29 is 11.0 Å². The van der Waals surface area contributed by atoms with E-state index in [0.29, 0.717) is 6.42 Å². The lowest BCUT2D eigenvalue weighted by molar-refractivity contribution is -0.122. The fourth-order valence-electron chi connectivity index (χ4n) is 5.19. The van der Waals surface area contributed by atoms with Gasteiger partial charge in [-0.1, -0.05) is 76.5 Å². The summed E-state index contributed by atoms with van der Waals surface area (Å²) in [6.45, 7) is 18.9. The maximum absolute atomic E-state index is 13.8. The summed E-state index contributed by atoms with van der Waals surface area (Å²) < 4.78 is 0. The van der Waals surface area contributed by atoms with Crippen LogP contribution in [0.5, 0.6) is 0 Å². The summed E-state index contributed by atoms with van der Waals surface area (Å²) >= 11 is 0. The molecule has 1 unspecified atom stereocenters. The van der Waals surface area contributed by atoms with Crippen molar-refractivity contribution in [3.05, 3.63) is 59.2 Å². The van der Waals surface area contributed by atoms with E-state index in [-0.39, 0.29) is 19.0 Å². The normalized spacial score (nSPS) is 14.9. The lowest BCUT2D eigenvalue weighted by Gasteiger charge is -2.27. The van der Waals surface area contributed by atoms with Crippen molar-refractivity contribution in [3.63, 3.8) is 0 Å². The first-order valence-electron chi connectivity index (χ1n) is 16.1. The molecular weight excluding hydrogens is 504 g/mol. The highest BCUT2D eigenvalue weighted by atomic mass is 16.2. The average molecular weight is 565 g/mol. The van der Waals surface area contributed by atoms with Crippen LogP contribution in [-0.4, -0.2) is 43.3 Å². The molecule has 1 atom stereocenters. The van der Waals surface area contributed by atoms with Crippen LogP contribution < -0.4 is 4.90 Å². The Morgan fingerprint density at radius 1 is 0.878 bits per heavy atom. The number of carbonyl (C=O) groups excluding carboxylic acids is 2. The number of hydrogen-bond donors (Lipinski definition) is 0. The number of carbonyl (C=O) groups is 2. The fourth-order valence-corrected chi connectivity index (χ4v) is 5.19. The minimum atomic E-state index is 0.